The number of halogens is 2. The maximum absolute atomic E-state index is 14.2. The standard InChI is InChI=1S/C42H50F2N10O8/c1-25-23-62-20-16-51(25)33-13-15-52-38(48-33)29(21-46-52)39(56)47-31-22-53(50-36(31)37(43)44)27-9-7-26(8-10-27)24-61-19-4-18-60-17-3-14-45-30-6-2-5-28-35(30)42(59)54(41(28)58)32-11-12-34(55)49-40(32)57/h2,5-6,13,15,21-22,25-27,32,37,45H,3-4,7-12,14,16-20,23-24H2,1H3,(H,47,56)(H,49,55,57)/t25-,26-,27-,32?/m1/s1. The first-order valence-corrected chi connectivity index (χ1v) is 21.2. The van der Waals surface area contributed by atoms with E-state index in [2.05, 4.69) is 31.0 Å². The highest BCUT2D eigenvalue weighted by molar-refractivity contribution is 6.25. The first kappa shape index (κ1) is 42.8. The molecule has 1 saturated carbocycles. The Bertz CT molecular complexity index is 2310. The molecule has 20 heteroatoms. The van der Waals surface area contributed by atoms with Crippen LogP contribution in [0.5, 0.6) is 0 Å². The van der Waals surface area contributed by atoms with Crippen molar-refractivity contribution in [2.24, 2.45) is 5.92 Å². The van der Waals surface area contributed by atoms with Crippen LogP contribution in [0.15, 0.2) is 42.9 Å². The van der Waals surface area contributed by atoms with Crippen LogP contribution in [0.4, 0.5) is 26.0 Å². The number of aromatic nitrogens is 5. The van der Waals surface area contributed by atoms with Crippen molar-refractivity contribution in [1.29, 1.82) is 0 Å². The van der Waals surface area contributed by atoms with Gasteiger partial charge in [0.25, 0.3) is 24.1 Å². The minimum Gasteiger partial charge on any atom is -0.384 e. The number of benzene rings is 1. The molecule has 0 radical (unpaired) electrons. The van der Waals surface area contributed by atoms with Gasteiger partial charge in [-0.3, -0.25) is 38.9 Å². The second kappa shape index (κ2) is 19.0. The Hall–Kier alpha value is -5.86. The summed E-state index contributed by atoms with van der Waals surface area (Å²) in [6.45, 7) is 6.40. The van der Waals surface area contributed by atoms with Gasteiger partial charge in [-0.25, -0.2) is 18.3 Å². The smallest absolute Gasteiger partial charge is 0.284 e. The van der Waals surface area contributed by atoms with Gasteiger partial charge in [-0.15, -0.1) is 0 Å². The molecular formula is C42H50F2N10O8. The summed E-state index contributed by atoms with van der Waals surface area (Å²) in [7, 11) is 0. The van der Waals surface area contributed by atoms with E-state index in [1.54, 1.807) is 29.1 Å². The summed E-state index contributed by atoms with van der Waals surface area (Å²) in [4.78, 5) is 71.5. The first-order valence-electron chi connectivity index (χ1n) is 21.2. The van der Waals surface area contributed by atoms with E-state index in [1.807, 2.05) is 13.0 Å². The molecule has 3 N–H and O–H groups in total. The topological polar surface area (TPSA) is 204 Å². The van der Waals surface area contributed by atoms with Crippen LogP contribution in [0.25, 0.3) is 5.65 Å². The summed E-state index contributed by atoms with van der Waals surface area (Å²) in [5, 5.41) is 16.5. The van der Waals surface area contributed by atoms with Crippen LogP contribution < -0.4 is 20.9 Å². The minimum absolute atomic E-state index is 0.0418. The Labute approximate surface area is 355 Å². The number of anilines is 3. The summed E-state index contributed by atoms with van der Waals surface area (Å²) in [6.07, 6.45) is 6.37. The number of hydrogen-bond donors (Lipinski definition) is 3. The zero-order chi connectivity index (χ0) is 43.3. The van der Waals surface area contributed by atoms with Gasteiger partial charge in [-0.2, -0.15) is 10.2 Å². The molecule has 5 amide bonds. The van der Waals surface area contributed by atoms with E-state index in [-0.39, 0.29) is 47.3 Å². The van der Waals surface area contributed by atoms with E-state index in [0.717, 1.165) is 30.6 Å². The fraction of sp³-hybridized carbons (Fsp3) is 0.524. The molecule has 8 rings (SSSR count). The maximum atomic E-state index is 14.2. The summed E-state index contributed by atoms with van der Waals surface area (Å²) in [6, 6.07) is 5.76. The van der Waals surface area contributed by atoms with Crippen molar-refractivity contribution in [3.8, 4) is 0 Å². The number of nitrogens with zero attached hydrogens (tertiary/aromatic N) is 7. The average Bonchev–Trinajstić information content (AvgIpc) is 3.96. The quantitative estimate of drug-likeness (QED) is 0.0997. The molecule has 2 saturated heterocycles. The summed E-state index contributed by atoms with van der Waals surface area (Å²) >= 11 is 0. The number of piperidine rings is 1. The number of nitrogens with one attached hydrogen (secondary N) is 3. The number of imide groups is 2. The molecule has 3 aromatic heterocycles. The lowest BCUT2D eigenvalue weighted by Gasteiger charge is -2.34. The molecule has 18 nitrogen and oxygen atoms in total. The Balaban J connectivity index is 0.730. The number of rotatable bonds is 17. The van der Waals surface area contributed by atoms with Crippen molar-refractivity contribution in [3.05, 3.63) is 65.2 Å². The Morgan fingerprint density at radius 2 is 1.81 bits per heavy atom. The minimum atomic E-state index is -2.88. The van der Waals surface area contributed by atoms with Crippen molar-refractivity contribution in [3.63, 3.8) is 0 Å². The van der Waals surface area contributed by atoms with Gasteiger partial charge in [0.15, 0.2) is 11.3 Å². The van der Waals surface area contributed by atoms with E-state index in [1.165, 1.54) is 16.9 Å². The number of amides is 5. The third-order valence-corrected chi connectivity index (χ3v) is 11.8. The van der Waals surface area contributed by atoms with Gasteiger partial charge in [-0.1, -0.05) is 6.07 Å². The maximum Gasteiger partial charge on any atom is 0.284 e. The highest BCUT2D eigenvalue weighted by Gasteiger charge is 2.45. The molecular weight excluding hydrogens is 811 g/mol. The number of carbonyl (C=O) groups is 5. The zero-order valence-corrected chi connectivity index (χ0v) is 34.4. The molecule has 62 heavy (non-hydrogen) atoms. The molecule has 4 aliphatic rings. The Morgan fingerprint density at radius 3 is 2.60 bits per heavy atom. The van der Waals surface area contributed by atoms with Gasteiger partial charge >= 0.3 is 0 Å². The van der Waals surface area contributed by atoms with Crippen LogP contribution in [0.1, 0.15) is 108 Å². The fourth-order valence-electron chi connectivity index (χ4n) is 8.54. The number of ether oxygens (including phenoxy) is 3. The SMILES string of the molecule is C[C@@H]1COCCN1c1ccn2ncc(C(=O)Nc3cn([C@H]4CC[C@H](COCCCOCCCNc5cccc6c5C(=O)N(C5CCC(=O)NC5=O)C6=O)CC4)nc3C(F)F)c2n1. The summed E-state index contributed by atoms with van der Waals surface area (Å²) in [5.41, 5.74) is 0.899. The lowest BCUT2D eigenvalue weighted by molar-refractivity contribution is -0.136. The number of fused-ring (bicyclic) bond motifs is 2. The highest BCUT2D eigenvalue weighted by atomic mass is 19.3. The van der Waals surface area contributed by atoms with Crippen LogP contribution >= 0.6 is 0 Å². The molecule has 3 aliphatic heterocycles. The molecule has 4 aromatic rings. The molecule has 330 valence electrons. The molecule has 3 fully saturated rings. The van der Waals surface area contributed by atoms with E-state index in [4.69, 9.17) is 19.2 Å². The fourth-order valence-corrected chi connectivity index (χ4v) is 8.54. The second-order valence-corrected chi connectivity index (χ2v) is 16.1. The van der Waals surface area contributed by atoms with Gasteiger partial charge in [0.1, 0.15) is 17.4 Å². The number of hydrogen-bond acceptors (Lipinski definition) is 13. The van der Waals surface area contributed by atoms with Crippen LogP contribution in [0.3, 0.4) is 0 Å². The van der Waals surface area contributed by atoms with Crippen LogP contribution in [-0.2, 0) is 23.8 Å². The van der Waals surface area contributed by atoms with E-state index in [0.29, 0.717) is 88.6 Å². The molecule has 1 aliphatic carbocycles. The number of morpholine rings is 1. The summed E-state index contributed by atoms with van der Waals surface area (Å²) < 4.78 is 48.7. The molecule has 1 unspecified atom stereocenters. The molecule has 0 bridgehead atoms. The van der Waals surface area contributed by atoms with Crippen molar-refractivity contribution in [2.45, 2.75) is 82.8 Å². The van der Waals surface area contributed by atoms with Gasteiger partial charge in [0.05, 0.1) is 48.3 Å². The molecule has 0 spiro atoms. The number of carbonyl (C=O) groups excluding carboxylic acids is 5. The molecule has 2 atom stereocenters. The van der Waals surface area contributed by atoms with Crippen molar-refractivity contribution in [2.75, 3.05) is 68.3 Å². The van der Waals surface area contributed by atoms with Crippen LogP contribution in [-0.4, -0.2) is 124 Å². The first-order chi connectivity index (χ1) is 30.1. The lowest BCUT2D eigenvalue weighted by Crippen LogP contribution is -2.54. The van der Waals surface area contributed by atoms with Gasteiger partial charge in [0.2, 0.25) is 11.8 Å². The molecule has 6 heterocycles. The zero-order valence-electron chi connectivity index (χ0n) is 34.4. The third-order valence-electron chi connectivity index (χ3n) is 11.8. The van der Waals surface area contributed by atoms with E-state index in [9.17, 15) is 32.8 Å². The van der Waals surface area contributed by atoms with E-state index < -0.39 is 47.7 Å². The second-order valence-electron chi connectivity index (χ2n) is 16.1. The monoisotopic (exact) mass is 860 g/mol. The van der Waals surface area contributed by atoms with E-state index >= 15 is 0 Å². The largest absolute Gasteiger partial charge is 0.384 e. The normalized spacial score (nSPS) is 21.8. The van der Waals surface area contributed by atoms with Crippen molar-refractivity contribution in [1.82, 2.24) is 34.6 Å². The average molecular weight is 861 g/mol. The van der Waals surface area contributed by atoms with Crippen molar-refractivity contribution >= 4 is 52.4 Å². The Kier molecular flexibility index (Phi) is 13.1. The predicted octanol–water partition coefficient (Wildman–Crippen LogP) is 4.40. The Morgan fingerprint density at radius 1 is 1.00 bits per heavy atom. The van der Waals surface area contributed by atoms with Crippen LogP contribution in [0, 0.1) is 5.92 Å². The van der Waals surface area contributed by atoms with Gasteiger partial charge < -0.3 is 29.7 Å². The lowest BCUT2D eigenvalue weighted by atomic mass is 9.86. The predicted molar refractivity (Wildman–Crippen MR) is 219 cm³/mol. The number of alkyl halides is 2. The summed E-state index contributed by atoms with van der Waals surface area (Å²) in [5.74, 6) is -1.78. The van der Waals surface area contributed by atoms with Gasteiger partial charge in [-0.05, 0) is 76.0 Å². The van der Waals surface area contributed by atoms with Crippen LogP contribution in [0.2, 0.25) is 0 Å². The molecule has 1 aromatic carbocycles. The van der Waals surface area contributed by atoms with Crippen molar-refractivity contribution < 1.29 is 47.0 Å². The van der Waals surface area contributed by atoms with Gasteiger partial charge in [0, 0.05) is 64.0 Å². The highest BCUT2D eigenvalue weighted by Crippen LogP contribution is 2.36. The third kappa shape index (κ3) is 9.17.